The number of likely N-dealkylation sites (tertiary alicyclic amines) is 1. The molecular weight excluding hydrogens is 208 g/mol. The maximum absolute atomic E-state index is 3.62. The molecular formula is C15H30N2. The molecule has 2 atom stereocenters. The molecule has 0 aromatic carbocycles. The van der Waals surface area contributed by atoms with Crippen molar-refractivity contribution in [3.63, 3.8) is 0 Å². The van der Waals surface area contributed by atoms with E-state index in [9.17, 15) is 0 Å². The zero-order valence-electron chi connectivity index (χ0n) is 12.0. The van der Waals surface area contributed by atoms with E-state index in [1.165, 1.54) is 58.2 Å². The van der Waals surface area contributed by atoms with Gasteiger partial charge in [-0.2, -0.15) is 0 Å². The van der Waals surface area contributed by atoms with Gasteiger partial charge in [-0.3, -0.25) is 0 Å². The summed E-state index contributed by atoms with van der Waals surface area (Å²) in [6, 6.07) is 0.928. The molecule has 100 valence electrons. The summed E-state index contributed by atoms with van der Waals surface area (Å²) >= 11 is 0. The minimum atomic E-state index is 0.285. The number of nitrogens with one attached hydrogen (secondary N) is 1. The highest BCUT2D eigenvalue weighted by atomic mass is 15.2. The van der Waals surface area contributed by atoms with E-state index in [2.05, 4.69) is 31.0 Å². The van der Waals surface area contributed by atoms with Gasteiger partial charge in [0.15, 0.2) is 0 Å². The van der Waals surface area contributed by atoms with E-state index in [0.29, 0.717) is 0 Å². The third-order valence-corrected chi connectivity index (χ3v) is 4.38. The molecule has 2 rings (SSSR count). The minimum absolute atomic E-state index is 0.285. The van der Waals surface area contributed by atoms with E-state index < -0.39 is 0 Å². The molecule has 2 fully saturated rings. The summed E-state index contributed by atoms with van der Waals surface area (Å²) in [7, 11) is 0. The SMILES string of the molecule is CC(C)(C)NCCC1CCC(N2CCCC2)C1. The fourth-order valence-electron chi connectivity index (χ4n) is 3.40. The highest BCUT2D eigenvalue weighted by molar-refractivity contribution is 4.85. The van der Waals surface area contributed by atoms with Gasteiger partial charge in [0.05, 0.1) is 0 Å². The Morgan fingerprint density at radius 2 is 1.82 bits per heavy atom. The van der Waals surface area contributed by atoms with Crippen molar-refractivity contribution in [1.29, 1.82) is 0 Å². The van der Waals surface area contributed by atoms with Crippen molar-refractivity contribution in [3.05, 3.63) is 0 Å². The van der Waals surface area contributed by atoms with Crippen LogP contribution < -0.4 is 5.32 Å². The molecule has 1 aliphatic carbocycles. The van der Waals surface area contributed by atoms with Gasteiger partial charge in [-0.25, -0.2) is 0 Å². The van der Waals surface area contributed by atoms with Gasteiger partial charge in [-0.15, -0.1) is 0 Å². The van der Waals surface area contributed by atoms with Gasteiger partial charge >= 0.3 is 0 Å². The summed E-state index contributed by atoms with van der Waals surface area (Å²) in [6.07, 6.45) is 8.64. The van der Waals surface area contributed by atoms with Crippen molar-refractivity contribution in [3.8, 4) is 0 Å². The summed E-state index contributed by atoms with van der Waals surface area (Å²) < 4.78 is 0. The van der Waals surface area contributed by atoms with Gasteiger partial charge in [0, 0.05) is 11.6 Å². The van der Waals surface area contributed by atoms with Crippen molar-refractivity contribution in [1.82, 2.24) is 10.2 Å². The third-order valence-electron chi connectivity index (χ3n) is 4.38. The van der Waals surface area contributed by atoms with E-state index >= 15 is 0 Å². The van der Waals surface area contributed by atoms with Crippen LogP contribution >= 0.6 is 0 Å². The largest absolute Gasteiger partial charge is 0.312 e. The van der Waals surface area contributed by atoms with Crippen LogP contribution in [0.5, 0.6) is 0 Å². The standard InChI is InChI=1S/C15H30N2/c1-15(2,3)16-9-8-13-6-7-14(12-13)17-10-4-5-11-17/h13-14,16H,4-12H2,1-3H3. The molecule has 17 heavy (non-hydrogen) atoms. The highest BCUT2D eigenvalue weighted by Gasteiger charge is 2.30. The molecule has 0 amide bonds. The molecule has 1 saturated heterocycles. The fourth-order valence-corrected chi connectivity index (χ4v) is 3.40. The maximum atomic E-state index is 3.62. The Labute approximate surface area is 107 Å². The Morgan fingerprint density at radius 1 is 1.12 bits per heavy atom. The van der Waals surface area contributed by atoms with Gasteiger partial charge in [-0.1, -0.05) is 0 Å². The van der Waals surface area contributed by atoms with Crippen molar-refractivity contribution in [2.75, 3.05) is 19.6 Å². The lowest BCUT2D eigenvalue weighted by Crippen LogP contribution is -2.37. The Balaban J connectivity index is 1.64. The molecule has 1 heterocycles. The molecule has 0 aromatic rings. The van der Waals surface area contributed by atoms with E-state index in [4.69, 9.17) is 0 Å². The van der Waals surface area contributed by atoms with Crippen LogP contribution in [0.3, 0.4) is 0 Å². The first-order valence-electron chi connectivity index (χ1n) is 7.54. The van der Waals surface area contributed by atoms with Gasteiger partial charge in [0.25, 0.3) is 0 Å². The van der Waals surface area contributed by atoms with Crippen LogP contribution in [0.15, 0.2) is 0 Å². The molecule has 0 spiro atoms. The Morgan fingerprint density at radius 3 is 2.47 bits per heavy atom. The van der Waals surface area contributed by atoms with E-state index in [0.717, 1.165) is 12.0 Å². The second-order valence-electron chi connectivity index (χ2n) is 7.04. The fraction of sp³-hybridized carbons (Fsp3) is 1.00. The molecule has 0 bridgehead atoms. The molecule has 2 heteroatoms. The monoisotopic (exact) mass is 238 g/mol. The predicted molar refractivity (Wildman–Crippen MR) is 74.3 cm³/mol. The van der Waals surface area contributed by atoms with Crippen LogP contribution in [0.4, 0.5) is 0 Å². The zero-order chi connectivity index (χ0) is 12.3. The molecule has 1 aliphatic heterocycles. The predicted octanol–water partition coefficient (Wildman–Crippen LogP) is 3.03. The second-order valence-corrected chi connectivity index (χ2v) is 7.04. The summed E-state index contributed by atoms with van der Waals surface area (Å²) in [5.74, 6) is 0.982. The van der Waals surface area contributed by atoms with E-state index in [-0.39, 0.29) is 5.54 Å². The van der Waals surface area contributed by atoms with Gasteiger partial charge in [0.2, 0.25) is 0 Å². The average molecular weight is 238 g/mol. The molecule has 2 aliphatic rings. The van der Waals surface area contributed by atoms with Crippen molar-refractivity contribution >= 4 is 0 Å². The number of nitrogens with zero attached hydrogens (tertiary/aromatic N) is 1. The van der Waals surface area contributed by atoms with Crippen LogP contribution in [0.25, 0.3) is 0 Å². The second kappa shape index (κ2) is 5.71. The van der Waals surface area contributed by atoms with Crippen LogP contribution in [-0.4, -0.2) is 36.1 Å². The highest BCUT2D eigenvalue weighted by Crippen LogP contribution is 2.33. The summed E-state index contributed by atoms with van der Waals surface area (Å²) in [5.41, 5.74) is 0.285. The Kier molecular flexibility index (Phi) is 4.48. The van der Waals surface area contributed by atoms with Gasteiger partial charge < -0.3 is 10.2 Å². The Bertz CT molecular complexity index is 226. The maximum Gasteiger partial charge on any atom is 0.00980 e. The first-order valence-corrected chi connectivity index (χ1v) is 7.54. The zero-order valence-corrected chi connectivity index (χ0v) is 12.0. The number of hydrogen-bond acceptors (Lipinski definition) is 2. The summed E-state index contributed by atoms with van der Waals surface area (Å²) in [6.45, 7) is 10.7. The molecule has 2 nitrogen and oxygen atoms in total. The lowest BCUT2D eigenvalue weighted by Gasteiger charge is -2.24. The van der Waals surface area contributed by atoms with E-state index in [1.54, 1.807) is 0 Å². The van der Waals surface area contributed by atoms with Crippen LogP contribution in [-0.2, 0) is 0 Å². The molecule has 1 saturated carbocycles. The van der Waals surface area contributed by atoms with Crippen LogP contribution in [0, 0.1) is 5.92 Å². The normalized spacial score (nSPS) is 31.2. The first kappa shape index (κ1) is 13.4. The smallest absolute Gasteiger partial charge is 0.00980 e. The third kappa shape index (κ3) is 4.26. The molecule has 2 unspecified atom stereocenters. The first-order chi connectivity index (χ1) is 8.04. The van der Waals surface area contributed by atoms with Crippen molar-refractivity contribution in [2.24, 2.45) is 5.92 Å². The summed E-state index contributed by atoms with van der Waals surface area (Å²) in [5, 5.41) is 3.62. The molecule has 0 radical (unpaired) electrons. The lowest BCUT2D eigenvalue weighted by atomic mass is 10.0. The van der Waals surface area contributed by atoms with Crippen LogP contribution in [0.1, 0.15) is 59.3 Å². The van der Waals surface area contributed by atoms with Gasteiger partial charge in [-0.05, 0) is 84.8 Å². The quantitative estimate of drug-likeness (QED) is 0.810. The number of rotatable bonds is 4. The van der Waals surface area contributed by atoms with Crippen molar-refractivity contribution < 1.29 is 0 Å². The van der Waals surface area contributed by atoms with Gasteiger partial charge in [0.1, 0.15) is 0 Å². The lowest BCUT2D eigenvalue weighted by molar-refractivity contribution is 0.239. The molecule has 1 N–H and O–H groups in total. The minimum Gasteiger partial charge on any atom is -0.312 e. The number of hydrogen-bond donors (Lipinski definition) is 1. The van der Waals surface area contributed by atoms with E-state index in [1.807, 2.05) is 0 Å². The topological polar surface area (TPSA) is 15.3 Å². The summed E-state index contributed by atoms with van der Waals surface area (Å²) in [4.78, 5) is 2.75. The molecule has 0 aromatic heterocycles. The average Bonchev–Trinajstić information content (AvgIpc) is 2.83. The Hall–Kier alpha value is -0.0800. The van der Waals surface area contributed by atoms with Crippen LogP contribution in [0.2, 0.25) is 0 Å². The van der Waals surface area contributed by atoms with Crippen molar-refractivity contribution in [2.45, 2.75) is 70.9 Å².